The Morgan fingerprint density at radius 1 is 1.25 bits per heavy atom. The van der Waals surface area contributed by atoms with Gasteiger partial charge < -0.3 is 10.1 Å². The maximum absolute atomic E-state index is 10.4. The lowest BCUT2D eigenvalue weighted by molar-refractivity contribution is -0.138. The molecule has 0 amide bonds. The summed E-state index contributed by atoms with van der Waals surface area (Å²) >= 11 is 0. The summed E-state index contributed by atoms with van der Waals surface area (Å²) in [6, 6.07) is 0. The van der Waals surface area contributed by atoms with Gasteiger partial charge in [0, 0.05) is 25.9 Å². The quantitative estimate of drug-likeness (QED) is 0.326. The molecule has 1 rings (SSSR count). The van der Waals surface area contributed by atoms with Gasteiger partial charge in [-0.1, -0.05) is 0 Å². The van der Waals surface area contributed by atoms with Gasteiger partial charge in [0.25, 0.3) is 6.47 Å². The fraction of sp³-hybridized carbons (Fsp3) is 0.800. The lowest BCUT2D eigenvalue weighted by Gasteiger charge is -2.14. The SMILES string of the molecule is CC(C)(C)OC=O.NN.O=C1CCNCC1. The van der Waals surface area contributed by atoms with Crippen LogP contribution in [0.1, 0.15) is 33.6 Å². The van der Waals surface area contributed by atoms with Gasteiger partial charge in [0.2, 0.25) is 0 Å². The minimum atomic E-state index is -0.318. The molecule has 96 valence electrons. The van der Waals surface area contributed by atoms with Crippen LogP contribution in [0.15, 0.2) is 0 Å². The normalized spacial score (nSPS) is 14.9. The number of hydrogen-bond acceptors (Lipinski definition) is 6. The molecular formula is C10H23N3O3. The van der Waals surface area contributed by atoms with Crippen LogP contribution in [0.5, 0.6) is 0 Å². The van der Waals surface area contributed by atoms with Gasteiger partial charge >= 0.3 is 0 Å². The molecular weight excluding hydrogens is 210 g/mol. The van der Waals surface area contributed by atoms with Gasteiger partial charge in [0.1, 0.15) is 11.4 Å². The summed E-state index contributed by atoms with van der Waals surface area (Å²) in [6.45, 7) is 7.70. The molecule has 1 aliphatic rings. The Morgan fingerprint density at radius 2 is 1.69 bits per heavy atom. The monoisotopic (exact) mass is 233 g/mol. The first-order chi connectivity index (χ1) is 7.45. The fourth-order valence-electron chi connectivity index (χ4n) is 0.850. The van der Waals surface area contributed by atoms with Crippen molar-refractivity contribution in [3.63, 3.8) is 0 Å². The largest absolute Gasteiger partial charge is 0.462 e. The molecule has 6 heteroatoms. The second kappa shape index (κ2) is 10.5. The Labute approximate surface area is 96.7 Å². The number of carbonyl (C=O) groups excluding carboxylic acids is 2. The van der Waals surface area contributed by atoms with E-state index in [0.29, 0.717) is 12.3 Å². The van der Waals surface area contributed by atoms with Crippen molar-refractivity contribution in [1.29, 1.82) is 0 Å². The van der Waals surface area contributed by atoms with Crippen LogP contribution < -0.4 is 17.0 Å². The van der Waals surface area contributed by atoms with Crippen LogP contribution in [0.25, 0.3) is 0 Å². The number of carbonyl (C=O) groups is 2. The van der Waals surface area contributed by atoms with Crippen LogP contribution in [0, 0.1) is 0 Å². The molecule has 0 aromatic rings. The van der Waals surface area contributed by atoms with Crippen LogP contribution in [0.4, 0.5) is 0 Å². The highest BCUT2D eigenvalue weighted by atomic mass is 16.5. The fourth-order valence-corrected chi connectivity index (χ4v) is 0.850. The van der Waals surface area contributed by atoms with Crippen LogP contribution in [0.3, 0.4) is 0 Å². The number of hydrazine groups is 1. The second-order valence-corrected chi connectivity index (χ2v) is 4.12. The van der Waals surface area contributed by atoms with Crippen molar-refractivity contribution in [1.82, 2.24) is 5.32 Å². The number of hydrogen-bond donors (Lipinski definition) is 3. The van der Waals surface area contributed by atoms with Crippen LogP contribution in [-0.4, -0.2) is 30.9 Å². The van der Waals surface area contributed by atoms with Crippen molar-refractivity contribution in [3.8, 4) is 0 Å². The third-order valence-electron chi connectivity index (χ3n) is 1.56. The highest BCUT2D eigenvalue weighted by Gasteiger charge is 2.07. The van der Waals surface area contributed by atoms with Crippen LogP contribution in [-0.2, 0) is 14.3 Å². The van der Waals surface area contributed by atoms with E-state index >= 15 is 0 Å². The summed E-state index contributed by atoms with van der Waals surface area (Å²) in [6.07, 6.45) is 1.47. The van der Waals surface area contributed by atoms with Crippen molar-refractivity contribution < 1.29 is 14.3 Å². The van der Waals surface area contributed by atoms with Crippen molar-refractivity contribution >= 4 is 12.3 Å². The molecule has 0 atom stereocenters. The van der Waals surface area contributed by atoms with E-state index in [9.17, 15) is 9.59 Å². The summed E-state index contributed by atoms with van der Waals surface area (Å²) in [4.78, 5) is 20.0. The molecule has 1 aliphatic heterocycles. The molecule has 0 aliphatic carbocycles. The highest BCUT2D eigenvalue weighted by Crippen LogP contribution is 2.02. The summed E-state index contributed by atoms with van der Waals surface area (Å²) in [7, 11) is 0. The van der Waals surface area contributed by atoms with E-state index in [1.54, 1.807) is 0 Å². The van der Waals surface area contributed by atoms with Crippen LogP contribution in [0.2, 0.25) is 0 Å². The zero-order valence-corrected chi connectivity index (χ0v) is 10.3. The topological polar surface area (TPSA) is 107 Å². The lowest BCUT2D eigenvalue weighted by Crippen LogP contribution is -2.27. The van der Waals surface area contributed by atoms with E-state index in [0.717, 1.165) is 25.9 Å². The third-order valence-corrected chi connectivity index (χ3v) is 1.56. The standard InChI is InChI=1S/C5H9NO.C5H10O2.H4N2/c7-5-1-3-6-4-2-5;1-5(2,3)7-4-6;1-2/h6H,1-4H2;4H,1-3H3;1-2H2. The van der Waals surface area contributed by atoms with Crippen molar-refractivity contribution in [2.75, 3.05) is 13.1 Å². The molecule has 0 unspecified atom stereocenters. The van der Waals surface area contributed by atoms with Gasteiger partial charge in [0.05, 0.1) is 0 Å². The second-order valence-electron chi connectivity index (χ2n) is 4.12. The predicted molar refractivity (Wildman–Crippen MR) is 62.4 cm³/mol. The number of ketones is 1. The molecule has 0 aromatic heterocycles. The first kappa shape index (κ1) is 17.4. The third kappa shape index (κ3) is 15.5. The van der Waals surface area contributed by atoms with E-state index in [-0.39, 0.29) is 5.60 Å². The maximum Gasteiger partial charge on any atom is 0.293 e. The lowest BCUT2D eigenvalue weighted by atomic mass is 10.1. The summed E-state index contributed by atoms with van der Waals surface area (Å²) in [5.41, 5.74) is -0.318. The Balaban J connectivity index is 0. The van der Waals surface area contributed by atoms with Crippen LogP contribution >= 0.6 is 0 Å². The molecule has 1 fully saturated rings. The van der Waals surface area contributed by atoms with Crippen molar-refractivity contribution in [2.24, 2.45) is 11.7 Å². The minimum absolute atomic E-state index is 0.318. The highest BCUT2D eigenvalue weighted by molar-refractivity contribution is 5.79. The molecule has 0 spiro atoms. The molecule has 0 bridgehead atoms. The van der Waals surface area contributed by atoms with E-state index in [2.05, 4.69) is 21.7 Å². The van der Waals surface area contributed by atoms with Gasteiger partial charge in [-0.25, -0.2) is 0 Å². The average molecular weight is 233 g/mol. The molecule has 0 aromatic carbocycles. The Bertz CT molecular complexity index is 182. The molecule has 1 heterocycles. The van der Waals surface area contributed by atoms with E-state index < -0.39 is 0 Å². The number of Topliss-reactive ketones (excluding diaryl/α,β-unsaturated/α-hetero) is 1. The number of piperidine rings is 1. The van der Waals surface area contributed by atoms with Gasteiger partial charge in [-0.05, 0) is 20.8 Å². The van der Waals surface area contributed by atoms with Gasteiger partial charge in [-0.3, -0.25) is 21.3 Å². The summed E-state index contributed by atoms with van der Waals surface area (Å²) in [5.74, 6) is 8.40. The average Bonchev–Trinajstić information content (AvgIpc) is 2.21. The molecule has 0 saturated carbocycles. The van der Waals surface area contributed by atoms with Gasteiger partial charge in [0.15, 0.2) is 0 Å². The summed E-state index contributed by atoms with van der Waals surface area (Å²) in [5, 5.41) is 3.09. The Kier molecular flexibility index (Phi) is 11.5. The van der Waals surface area contributed by atoms with E-state index in [1.807, 2.05) is 20.8 Å². The number of ether oxygens (including phenoxy) is 1. The first-order valence-electron chi connectivity index (χ1n) is 5.13. The Hall–Kier alpha value is -0.980. The van der Waals surface area contributed by atoms with Gasteiger partial charge in [-0.2, -0.15) is 0 Å². The van der Waals surface area contributed by atoms with Crippen molar-refractivity contribution in [3.05, 3.63) is 0 Å². The molecule has 1 saturated heterocycles. The molecule has 6 nitrogen and oxygen atoms in total. The Morgan fingerprint density at radius 3 is 1.81 bits per heavy atom. The van der Waals surface area contributed by atoms with E-state index in [1.165, 1.54) is 0 Å². The molecule has 5 N–H and O–H groups in total. The van der Waals surface area contributed by atoms with Crippen molar-refractivity contribution in [2.45, 2.75) is 39.2 Å². The number of nitrogens with two attached hydrogens (primary N) is 2. The smallest absolute Gasteiger partial charge is 0.293 e. The van der Waals surface area contributed by atoms with Gasteiger partial charge in [-0.15, -0.1) is 0 Å². The van der Waals surface area contributed by atoms with E-state index in [4.69, 9.17) is 0 Å². The minimum Gasteiger partial charge on any atom is -0.462 e. The molecule has 0 radical (unpaired) electrons. The number of rotatable bonds is 1. The summed E-state index contributed by atoms with van der Waals surface area (Å²) < 4.78 is 4.55. The molecule has 16 heavy (non-hydrogen) atoms. The zero-order chi connectivity index (χ0) is 13.0. The predicted octanol–water partition coefficient (Wildman–Crippen LogP) is -0.284. The maximum atomic E-state index is 10.4. The zero-order valence-electron chi connectivity index (χ0n) is 10.3. The number of nitrogens with one attached hydrogen (secondary N) is 1. The first-order valence-corrected chi connectivity index (χ1v) is 5.13.